The molecule has 0 heterocycles. The molecule has 0 aliphatic heterocycles. The fourth-order valence-corrected chi connectivity index (χ4v) is 2.80. The molecule has 3 heteroatoms. The minimum absolute atomic E-state index is 0.920. The molecule has 0 radical (unpaired) electrons. The minimum Gasteiger partial charge on any atom is -0.0891 e. The largest absolute Gasteiger partial charge is 0.0891 e. The van der Waals surface area contributed by atoms with Crippen LogP contribution in [-0.4, -0.2) is 0 Å². The summed E-state index contributed by atoms with van der Waals surface area (Å²) in [5.74, 6) is 0. The molecule has 0 unspecified atom stereocenters. The number of hydrogen-bond acceptors (Lipinski definition) is 0. The number of benzene rings is 1. The Morgan fingerprint density at radius 3 is 2.53 bits per heavy atom. The van der Waals surface area contributed by atoms with Gasteiger partial charge in [-0.2, -0.15) is 0 Å². The molecule has 15 heavy (non-hydrogen) atoms. The zero-order valence-corrected chi connectivity index (χ0v) is 11.9. The molecule has 0 saturated heterocycles. The van der Waals surface area contributed by atoms with Crippen LogP contribution in [0, 0.1) is 0 Å². The SMILES string of the molecule is ClC1=CC(c2ccccc2Br)=C(Br)CC1. The zero-order valence-electron chi connectivity index (χ0n) is 7.93. The quantitative estimate of drug-likeness (QED) is 0.631. The normalized spacial score (nSPS) is 16.6. The Morgan fingerprint density at radius 2 is 1.80 bits per heavy atom. The van der Waals surface area contributed by atoms with E-state index < -0.39 is 0 Å². The van der Waals surface area contributed by atoms with E-state index in [2.05, 4.69) is 37.9 Å². The molecule has 0 aromatic heterocycles. The maximum atomic E-state index is 6.07. The van der Waals surface area contributed by atoms with E-state index in [0.29, 0.717) is 0 Å². The van der Waals surface area contributed by atoms with Gasteiger partial charge in [0.2, 0.25) is 0 Å². The Morgan fingerprint density at radius 1 is 1.07 bits per heavy atom. The van der Waals surface area contributed by atoms with E-state index in [0.717, 1.165) is 22.3 Å². The Kier molecular flexibility index (Phi) is 3.70. The van der Waals surface area contributed by atoms with Gasteiger partial charge in [-0.05, 0) is 36.1 Å². The highest BCUT2D eigenvalue weighted by Crippen LogP contribution is 2.37. The first kappa shape index (κ1) is 11.4. The summed E-state index contributed by atoms with van der Waals surface area (Å²) >= 11 is 13.2. The van der Waals surface area contributed by atoms with Crippen LogP contribution in [0.1, 0.15) is 18.4 Å². The first-order chi connectivity index (χ1) is 7.18. The van der Waals surface area contributed by atoms with Gasteiger partial charge < -0.3 is 0 Å². The number of halogens is 3. The monoisotopic (exact) mass is 346 g/mol. The van der Waals surface area contributed by atoms with Gasteiger partial charge in [0.25, 0.3) is 0 Å². The fourth-order valence-electron chi connectivity index (χ4n) is 1.57. The van der Waals surface area contributed by atoms with Crippen LogP contribution in [0.25, 0.3) is 5.57 Å². The average Bonchev–Trinajstić information content (AvgIpc) is 2.23. The Balaban J connectivity index is 2.51. The second-order valence-corrected chi connectivity index (χ2v) is 5.69. The van der Waals surface area contributed by atoms with Crippen LogP contribution in [0.3, 0.4) is 0 Å². The summed E-state index contributed by atoms with van der Waals surface area (Å²) in [6, 6.07) is 8.17. The summed E-state index contributed by atoms with van der Waals surface area (Å²) in [6.07, 6.45) is 3.94. The fraction of sp³-hybridized carbons (Fsp3) is 0.167. The van der Waals surface area contributed by atoms with Crippen molar-refractivity contribution in [2.75, 3.05) is 0 Å². The van der Waals surface area contributed by atoms with Crippen LogP contribution in [0.5, 0.6) is 0 Å². The lowest BCUT2D eigenvalue weighted by Crippen LogP contribution is -1.93. The van der Waals surface area contributed by atoms with Crippen molar-refractivity contribution < 1.29 is 0 Å². The summed E-state index contributed by atoms with van der Waals surface area (Å²) < 4.78 is 2.32. The van der Waals surface area contributed by atoms with E-state index >= 15 is 0 Å². The molecule has 1 aromatic carbocycles. The smallest absolute Gasteiger partial charge is 0.0254 e. The van der Waals surface area contributed by atoms with E-state index in [1.807, 2.05) is 24.3 Å². The second-order valence-electron chi connectivity index (χ2n) is 3.39. The number of allylic oxidation sites excluding steroid dienone is 4. The molecule has 1 aliphatic rings. The van der Waals surface area contributed by atoms with Crippen molar-refractivity contribution in [2.45, 2.75) is 12.8 Å². The standard InChI is InChI=1S/C12H9Br2Cl/c13-11-4-2-1-3-9(11)10-7-8(15)5-6-12(10)14/h1-4,7H,5-6H2. The van der Waals surface area contributed by atoms with E-state index in [4.69, 9.17) is 11.6 Å². The van der Waals surface area contributed by atoms with Gasteiger partial charge in [0, 0.05) is 14.0 Å². The first-order valence-electron chi connectivity index (χ1n) is 4.68. The van der Waals surface area contributed by atoms with Gasteiger partial charge in [-0.15, -0.1) is 0 Å². The molecule has 1 aliphatic carbocycles. The van der Waals surface area contributed by atoms with Crippen LogP contribution in [0.4, 0.5) is 0 Å². The molecule has 0 fully saturated rings. The maximum Gasteiger partial charge on any atom is 0.0254 e. The van der Waals surface area contributed by atoms with Crippen LogP contribution in [0.15, 0.2) is 44.3 Å². The maximum absolute atomic E-state index is 6.07. The molecule has 1 aromatic rings. The summed E-state index contributed by atoms with van der Waals surface area (Å²) in [7, 11) is 0. The Labute approximate surface area is 111 Å². The van der Waals surface area contributed by atoms with Gasteiger partial charge in [-0.25, -0.2) is 0 Å². The lowest BCUT2D eigenvalue weighted by molar-refractivity contribution is 1.01. The van der Waals surface area contributed by atoms with Crippen molar-refractivity contribution >= 4 is 49.0 Å². The summed E-state index contributed by atoms with van der Waals surface area (Å²) in [4.78, 5) is 0. The molecule has 0 bridgehead atoms. The van der Waals surface area contributed by atoms with E-state index in [1.165, 1.54) is 15.6 Å². The van der Waals surface area contributed by atoms with Crippen molar-refractivity contribution in [3.8, 4) is 0 Å². The second kappa shape index (κ2) is 4.86. The molecule has 0 nitrogen and oxygen atoms in total. The molecule has 0 amide bonds. The third kappa shape index (κ3) is 2.55. The van der Waals surface area contributed by atoms with Crippen LogP contribution in [-0.2, 0) is 0 Å². The topological polar surface area (TPSA) is 0 Å². The van der Waals surface area contributed by atoms with Crippen molar-refractivity contribution in [2.24, 2.45) is 0 Å². The van der Waals surface area contributed by atoms with Gasteiger partial charge in [-0.1, -0.05) is 61.7 Å². The van der Waals surface area contributed by atoms with E-state index in [9.17, 15) is 0 Å². The lowest BCUT2D eigenvalue weighted by atomic mass is 9.99. The highest BCUT2D eigenvalue weighted by Gasteiger charge is 2.13. The van der Waals surface area contributed by atoms with Gasteiger partial charge in [0.1, 0.15) is 0 Å². The molecule has 2 rings (SSSR count). The van der Waals surface area contributed by atoms with Crippen molar-refractivity contribution in [3.05, 3.63) is 49.9 Å². The molecular formula is C12H9Br2Cl. The highest BCUT2D eigenvalue weighted by molar-refractivity contribution is 9.12. The summed E-state index contributed by atoms with van der Waals surface area (Å²) in [5, 5.41) is 0.920. The Bertz CT molecular complexity index is 447. The number of hydrogen-bond donors (Lipinski definition) is 0. The van der Waals surface area contributed by atoms with Crippen molar-refractivity contribution in [1.29, 1.82) is 0 Å². The van der Waals surface area contributed by atoms with Crippen LogP contribution in [0.2, 0.25) is 0 Å². The predicted molar refractivity (Wildman–Crippen MR) is 73.2 cm³/mol. The van der Waals surface area contributed by atoms with E-state index in [1.54, 1.807) is 0 Å². The zero-order chi connectivity index (χ0) is 10.8. The van der Waals surface area contributed by atoms with Gasteiger partial charge in [-0.3, -0.25) is 0 Å². The summed E-state index contributed by atoms with van der Waals surface area (Å²) in [5.41, 5.74) is 2.36. The van der Waals surface area contributed by atoms with Crippen molar-refractivity contribution in [1.82, 2.24) is 0 Å². The predicted octanol–water partition coefficient (Wildman–Crippen LogP) is 5.47. The molecule has 0 spiro atoms. The third-order valence-electron chi connectivity index (χ3n) is 2.34. The molecule has 78 valence electrons. The average molecular weight is 348 g/mol. The first-order valence-corrected chi connectivity index (χ1v) is 6.64. The minimum atomic E-state index is 0.920. The van der Waals surface area contributed by atoms with E-state index in [-0.39, 0.29) is 0 Å². The third-order valence-corrected chi connectivity index (χ3v) is 4.15. The Hall–Kier alpha value is -0.0500. The van der Waals surface area contributed by atoms with Gasteiger partial charge in [0.15, 0.2) is 0 Å². The molecule has 0 saturated carbocycles. The highest BCUT2D eigenvalue weighted by atomic mass is 79.9. The molecular weight excluding hydrogens is 339 g/mol. The van der Waals surface area contributed by atoms with Gasteiger partial charge in [0.05, 0.1) is 0 Å². The van der Waals surface area contributed by atoms with Crippen LogP contribution < -0.4 is 0 Å². The lowest BCUT2D eigenvalue weighted by Gasteiger charge is -2.14. The van der Waals surface area contributed by atoms with Gasteiger partial charge >= 0.3 is 0 Å². The van der Waals surface area contributed by atoms with Crippen LogP contribution >= 0.6 is 43.5 Å². The number of rotatable bonds is 1. The summed E-state index contributed by atoms with van der Waals surface area (Å²) in [6.45, 7) is 0. The molecule has 0 N–H and O–H groups in total. The molecule has 0 atom stereocenters. The van der Waals surface area contributed by atoms with Crippen molar-refractivity contribution in [3.63, 3.8) is 0 Å².